The van der Waals surface area contributed by atoms with Gasteiger partial charge in [0.05, 0.1) is 0 Å². The Labute approximate surface area is 138 Å². The summed E-state index contributed by atoms with van der Waals surface area (Å²) in [6.45, 7) is 6.98. The van der Waals surface area contributed by atoms with Crippen molar-refractivity contribution in [1.82, 2.24) is 19.8 Å². The molecule has 1 aromatic rings. The Morgan fingerprint density at radius 1 is 1.45 bits per heavy atom. The van der Waals surface area contributed by atoms with Crippen LogP contribution in [0.4, 0.5) is 0 Å². The minimum absolute atomic E-state index is 0. The Hall–Kier alpha value is -1.07. The van der Waals surface area contributed by atoms with Crippen LogP contribution in [0, 0.1) is 12.8 Å². The molecule has 0 aromatic carbocycles. The number of aryl methyl sites for hydroxylation is 1. The van der Waals surface area contributed by atoms with Gasteiger partial charge in [0.2, 0.25) is 5.91 Å². The number of likely N-dealkylation sites (tertiary alicyclic amines) is 1. The van der Waals surface area contributed by atoms with E-state index in [0.29, 0.717) is 18.0 Å². The van der Waals surface area contributed by atoms with Crippen molar-refractivity contribution in [1.29, 1.82) is 0 Å². The molecule has 3 heterocycles. The molecule has 1 N–H and O–H groups in total. The van der Waals surface area contributed by atoms with Gasteiger partial charge in [0.25, 0.3) is 0 Å². The smallest absolute Gasteiger partial charge is 0.226 e. The molecule has 2 fully saturated rings. The molecule has 0 aliphatic carbocycles. The first-order valence-corrected chi connectivity index (χ1v) is 8.16. The van der Waals surface area contributed by atoms with Gasteiger partial charge in [-0.05, 0) is 46.1 Å². The summed E-state index contributed by atoms with van der Waals surface area (Å²) in [5, 5.41) is 3.43. The number of hydrogen-bond acceptors (Lipinski definition) is 3. The highest BCUT2D eigenvalue weighted by atomic mass is 35.5. The average Bonchev–Trinajstić information content (AvgIpc) is 3.08. The van der Waals surface area contributed by atoms with E-state index >= 15 is 0 Å². The van der Waals surface area contributed by atoms with Crippen LogP contribution >= 0.6 is 12.4 Å². The lowest BCUT2D eigenvalue weighted by atomic mass is 9.92. The van der Waals surface area contributed by atoms with Crippen LogP contribution < -0.4 is 5.32 Å². The summed E-state index contributed by atoms with van der Waals surface area (Å²) in [7, 11) is 0. The number of halogens is 1. The molecule has 2 aliphatic heterocycles. The zero-order valence-electron chi connectivity index (χ0n) is 13.5. The van der Waals surface area contributed by atoms with E-state index in [1.165, 1.54) is 0 Å². The molecule has 3 rings (SSSR count). The van der Waals surface area contributed by atoms with Crippen molar-refractivity contribution in [2.75, 3.05) is 13.1 Å². The average molecular weight is 327 g/mol. The van der Waals surface area contributed by atoms with Crippen LogP contribution in [-0.4, -0.2) is 45.5 Å². The fraction of sp³-hybridized carbons (Fsp3) is 0.750. The number of imidazole rings is 1. The summed E-state index contributed by atoms with van der Waals surface area (Å²) in [4.78, 5) is 19.3. The van der Waals surface area contributed by atoms with Crippen molar-refractivity contribution in [3.05, 3.63) is 18.2 Å². The van der Waals surface area contributed by atoms with Crippen LogP contribution in [0.25, 0.3) is 0 Å². The Morgan fingerprint density at radius 3 is 2.95 bits per heavy atom. The van der Waals surface area contributed by atoms with Gasteiger partial charge >= 0.3 is 0 Å². The van der Waals surface area contributed by atoms with E-state index in [1.807, 2.05) is 19.3 Å². The lowest BCUT2D eigenvalue weighted by Gasteiger charge is -2.33. The largest absolute Gasteiger partial charge is 0.338 e. The van der Waals surface area contributed by atoms with E-state index < -0.39 is 0 Å². The maximum absolute atomic E-state index is 12.8. The fourth-order valence-corrected chi connectivity index (χ4v) is 3.73. The number of carbonyl (C=O) groups excluding carboxylic acids is 1. The monoisotopic (exact) mass is 326 g/mol. The number of hydrogen-bond donors (Lipinski definition) is 1. The summed E-state index contributed by atoms with van der Waals surface area (Å²) < 4.78 is 2.17. The van der Waals surface area contributed by atoms with Crippen LogP contribution in [0.1, 0.15) is 38.4 Å². The van der Waals surface area contributed by atoms with Gasteiger partial charge in [-0.3, -0.25) is 4.79 Å². The second kappa shape index (κ2) is 7.47. The van der Waals surface area contributed by atoms with Crippen LogP contribution in [0.3, 0.4) is 0 Å². The number of rotatable bonds is 3. The third kappa shape index (κ3) is 3.63. The highest BCUT2D eigenvalue weighted by Crippen LogP contribution is 2.26. The highest BCUT2D eigenvalue weighted by molar-refractivity contribution is 5.85. The third-order valence-corrected chi connectivity index (χ3v) is 4.96. The standard InChI is InChI=1S/C16H26N4O.ClH/c1-12-10-14(5-6-17-12)16(21)20-8-3-4-15(20)11-19-9-7-18-13(19)2;/h7,9,12,14-15,17H,3-6,8,10-11H2,1-2H3;1H/t12-,14-,15?;/m0./s1. The van der Waals surface area contributed by atoms with E-state index in [1.54, 1.807) is 0 Å². The molecular formula is C16H27ClN4O. The molecule has 0 radical (unpaired) electrons. The quantitative estimate of drug-likeness (QED) is 0.924. The first kappa shape index (κ1) is 17.3. The molecule has 0 spiro atoms. The lowest BCUT2D eigenvalue weighted by molar-refractivity contribution is -0.137. The molecule has 3 atom stereocenters. The van der Waals surface area contributed by atoms with Crippen molar-refractivity contribution >= 4 is 18.3 Å². The first-order chi connectivity index (χ1) is 10.1. The van der Waals surface area contributed by atoms with E-state index in [9.17, 15) is 4.79 Å². The van der Waals surface area contributed by atoms with E-state index in [0.717, 1.165) is 51.1 Å². The molecule has 6 heteroatoms. The normalized spacial score (nSPS) is 28.5. The summed E-state index contributed by atoms with van der Waals surface area (Å²) in [5.41, 5.74) is 0. The van der Waals surface area contributed by atoms with Crippen LogP contribution in [-0.2, 0) is 11.3 Å². The SMILES string of the molecule is Cc1nccn1CC1CCCN1C(=O)[C@H]1CCN[C@@H](C)C1.Cl. The minimum atomic E-state index is 0. The van der Waals surface area contributed by atoms with Crippen LogP contribution in [0.2, 0.25) is 0 Å². The second-order valence-electron chi connectivity index (χ2n) is 6.53. The number of nitrogens with zero attached hydrogens (tertiary/aromatic N) is 3. The Morgan fingerprint density at radius 2 is 2.27 bits per heavy atom. The number of carbonyl (C=O) groups is 1. The van der Waals surface area contributed by atoms with Gasteiger partial charge in [0.15, 0.2) is 0 Å². The molecule has 0 saturated carbocycles. The van der Waals surface area contributed by atoms with Gasteiger partial charge in [-0.25, -0.2) is 4.98 Å². The van der Waals surface area contributed by atoms with Crippen molar-refractivity contribution in [3.8, 4) is 0 Å². The Bertz CT molecular complexity index is 504. The Kier molecular flexibility index (Phi) is 5.87. The number of piperidine rings is 1. The van der Waals surface area contributed by atoms with Gasteiger partial charge in [-0.1, -0.05) is 0 Å². The number of aromatic nitrogens is 2. The summed E-state index contributed by atoms with van der Waals surface area (Å²) in [6, 6.07) is 0.806. The molecule has 2 saturated heterocycles. The van der Waals surface area contributed by atoms with Crippen molar-refractivity contribution in [2.45, 2.75) is 58.2 Å². The third-order valence-electron chi connectivity index (χ3n) is 4.96. The van der Waals surface area contributed by atoms with Gasteiger partial charge in [-0.2, -0.15) is 0 Å². The Balaban J connectivity index is 0.00000176. The van der Waals surface area contributed by atoms with Crippen LogP contribution in [0.15, 0.2) is 12.4 Å². The van der Waals surface area contributed by atoms with Crippen molar-refractivity contribution in [3.63, 3.8) is 0 Å². The van der Waals surface area contributed by atoms with E-state index in [-0.39, 0.29) is 18.3 Å². The predicted molar refractivity (Wildman–Crippen MR) is 89.1 cm³/mol. The molecule has 22 heavy (non-hydrogen) atoms. The predicted octanol–water partition coefficient (Wildman–Crippen LogP) is 1.99. The number of nitrogens with one attached hydrogen (secondary N) is 1. The van der Waals surface area contributed by atoms with Gasteiger partial charge in [0.1, 0.15) is 5.82 Å². The molecule has 124 valence electrons. The second-order valence-corrected chi connectivity index (χ2v) is 6.53. The summed E-state index contributed by atoms with van der Waals surface area (Å²) in [5.74, 6) is 1.62. The summed E-state index contributed by atoms with van der Waals surface area (Å²) in [6.07, 6.45) is 8.06. The van der Waals surface area contributed by atoms with Crippen molar-refractivity contribution < 1.29 is 4.79 Å². The topological polar surface area (TPSA) is 50.2 Å². The van der Waals surface area contributed by atoms with Gasteiger partial charge in [0, 0.05) is 43.5 Å². The van der Waals surface area contributed by atoms with Gasteiger partial charge < -0.3 is 14.8 Å². The van der Waals surface area contributed by atoms with Crippen molar-refractivity contribution in [2.24, 2.45) is 5.92 Å². The highest BCUT2D eigenvalue weighted by Gasteiger charge is 2.34. The molecule has 5 nitrogen and oxygen atoms in total. The molecule has 1 unspecified atom stereocenters. The first-order valence-electron chi connectivity index (χ1n) is 8.16. The lowest BCUT2D eigenvalue weighted by Crippen LogP contribution is -2.46. The zero-order chi connectivity index (χ0) is 14.8. The molecule has 0 bridgehead atoms. The molecule has 2 aliphatic rings. The fourth-order valence-electron chi connectivity index (χ4n) is 3.73. The molecular weight excluding hydrogens is 300 g/mol. The maximum Gasteiger partial charge on any atom is 0.226 e. The zero-order valence-corrected chi connectivity index (χ0v) is 14.3. The minimum Gasteiger partial charge on any atom is -0.338 e. The van der Waals surface area contributed by atoms with Gasteiger partial charge in [-0.15, -0.1) is 12.4 Å². The molecule has 1 aromatic heterocycles. The van der Waals surface area contributed by atoms with Crippen LogP contribution in [0.5, 0.6) is 0 Å². The van der Waals surface area contributed by atoms with E-state index in [4.69, 9.17) is 0 Å². The summed E-state index contributed by atoms with van der Waals surface area (Å²) >= 11 is 0. The number of amides is 1. The molecule has 1 amide bonds. The maximum atomic E-state index is 12.8. The van der Waals surface area contributed by atoms with E-state index in [2.05, 4.69) is 26.7 Å².